The van der Waals surface area contributed by atoms with Crippen LogP contribution in [0.2, 0.25) is 0 Å². The molecule has 1 N–H and O–H groups in total. The fraction of sp³-hybridized carbons (Fsp3) is 0.476. The predicted molar refractivity (Wildman–Crippen MR) is 102 cm³/mol. The van der Waals surface area contributed by atoms with Crippen LogP contribution in [0, 0.1) is 20.8 Å². The number of carbonyl (C=O) groups is 1. The number of hydrogen-bond acceptors (Lipinski definition) is 2. The number of aryl methyl sites for hydroxylation is 1. The van der Waals surface area contributed by atoms with Gasteiger partial charge < -0.3 is 14.6 Å². The summed E-state index contributed by atoms with van der Waals surface area (Å²) in [6.45, 7) is 2.75. The van der Waals surface area contributed by atoms with Gasteiger partial charge in [-0.2, -0.15) is 8.78 Å². The van der Waals surface area contributed by atoms with Crippen molar-refractivity contribution >= 4 is 11.6 Å². The van der Waals surface area contributed by atoms with Crippen LogP contribution in [0.4, 0.5) is 14.5 Å². The summed E-state index contributed by atoms with van der Waals surface area (Å²) in [6, 6.07) is 7.10. The molecule has 1 saturated carbocycles. The average molecular weight is 376 g/mol. The van der Waals surface area contributed by atoms with Gasteiger partial charge in [-0.15, -0.1) is 0 Å². The minimum Gasteiger partial charge on any atom is -0.434 e. The van der Waals surface area contributed by atoms with E-state index in [1.54, 1.807) is 19.1 Å². The Morgan fingerprint density at radius 1 is 1.19 bits per heavy atom. The molecule has 0 radical (unpaired) electrons. The van der Waals surface area contributed by atoms with E-state index in [1.807, 2.05) is 19.9 Å². The molecule has 3 rings (SSSR count). The van der Waals surface area contributed by atoms with Gasteiger partial charge in [-0.25, -0.2) is 0 Å². The van der Waals surface area contributed by atoms with E-state index in [1.165, 1.54) is 25.3 Å². The van der Waals surface area contributed by atoms with Gasteiger partial charge in [0.25, 0.3) is 5.91 Å². The number of anilines is 1. The number of nitrogens with zero attached hydrogens (tertiary/aromatic N) is 1. The van der Waals surface area contributed by atoms with Crippen molar-refractivity contribution in [1.82, 2.24) is 4.57 Å². The second-order valence-electron chi connectivity index (χ2n) is 7.21. The van der Waals surface area contributed by atoms with Gasteiger partial charge in [0, 0.05) is 28.7 Å². The molecule has 1 aromatic carbocycles. The van der Waals surface area contributed by atoms with E-state index < -0.39 is 6.61 Å². The second-order valence-corrected chi connectivity index (χ2v) is 7.21. The zero-order valence-corrected chi connectivity index (χ0v) is 16.0. The molecule has 2 aromatic rings. The van der Waals surface area contributed by atoms with E-state index in [0.29, 0.717) is 22.9 Å². The Labute approximate surface area is 158 Å². The van der Waals surface area contributed by atoms with E-state index in [0.717, 1.165) is 24.2 Å². The number of benzene rings is 1. The summed E-state index contributed by atoms with van der Waals surface area (Å²) in [4.78, 5) is 12.9. The zero-order chi connectivity index (χ0) is 19.6. The Morgan fingerprint density at radius 2 is 1.89 bits per heavy atom. The third-order valence-corrected chi connectivity index (χ3v) is 5.42. The summed E-state index contributed by atoms with van der Waals surface area (Å²) in [5.41, 5.74) is 3.61. The highest BCUT2D eigenvalue weighted by atomic mass is 19.3. The fourth-order valence-electron chi connectivity index (χ4n) is 4.07. The number of hydrogen-bond donors (Lipinski definition) is 1. The van der Waals surface area contributed by atoms with Crippen LogP contribution >= 0.6 is 0 Å². The Bertz CT molecular complexity index is 824. The Morgan fingerprint density at radius 3 is 2.56 bits per heavy atom. The molecule has 0 atom stereocenters. The van der Waals surface area contributed by atoms with Gasteiger partial charge in [0.15, 0.2) is 0 Å². The van der Waals surface area contributed by atoms with Crippen molar-refractivity contribution < 1.29 is 18.3 Å². The lowest BCUT2D eigenvalue weighted by Crippen LogP contribution is -2.17. The van der Waals surface area contributed by atoms with E-state index in [4.69, 9.17) is 0 Å². The number of halogens is 2. The average Bonchev–Trinajstić information content (AvgIpc) is 2.93. The normalized spacial score (nSPS) is 15.2. The standard InChI is InChI=1S/C21H26F2N2O2/c1-13-12-17(15(3)25(13)16-8-5-4-6-9-16)20(26)24-18-10-7-11-19(14(18)2)27-21(22)23/h7,10-12,16,21H,4-6,8-9H2,1-3H3,(H,24,26). The Hall–Kier alpha value is -2.37. The quantitative estimate of drug-likeness (QED) is 0.720. The lowest BCUT2D eigenvalue weighted by molar-refractivity contribution is -0.0502. The summed E-state index contributed by atoms with van der Waals surface area (Å²) >= 11 is 0. The zero-order valence-electron chi connectivity index (χ0n) is 16.0. The van der Waals surface area contributed by atoms with Crippen molar-refractivity contribution in [3.63, 3.8) is 0 Å². The number of ether oxygens (including phenoxy) is 1. The first kappa shape index (κ1) is 19.4. The highest BCUT2D eigenvalue weighted by Crippen LogP contribution is 2.33. The van der Waals surface area contributed by atoms with Gasteiger partial charge in [-0.05, 0) is 51.8 Å². The highest BCUT2D eigenvalue weighted by Gasteiger charge is 2.23. The monoisotopic (exact) mass is 376 g/mol. The van der Waals surface area contributed by atoms with Crippen molar-refractivity contribution in [1.29, 1.82) is 0 Å². The fourth-order valence-corrected chi connectivity index (χ4v) is 4.07. The molecule has 0 bridgehead atoms. The summed E-state index contributed by atoms with van der Waals surface area (Å²) in [5, 5.41) is 2.85. The van der Waals surface area contributed by atoms with E-state index in [2.05, 4.69) is 14.6 Å². The van der Waals surface area contributed by atoms with Crippen molar-refractivity contribution in [2.75, 3.05) is 5.32 Å². The summed E-state index contributed by atoms with van der Waals surface area (Å²) < 4.78 is 31.8. The number of amides is 1. The molecule has 1 fully saturated rings. The molecule has 0 spiro atoms. The maximum Gasteiger partial charge on any atom is 0.387 e. The summed E-state index contributed by atoms with van der Waals surface area (Å²) in [6.07, 6.45) is 6.01. The first-order valence-electron chi connectivity index (χ1n) is 9.42. The molecule has 0 unspecified atom stereocenters. The van der Waals surface area contributed by atoms with Gasteiger partial charge >= 0.3 is 6.61 Å². The van der Waals surface area contributed by atoms with Gasteiger partial charge in [0.05, 0.1) is 5.56 Å². The van der Waals surface area contributed by atoms with E-state index >= 15 is 0 Å². The minimum absolute atomic E-state index is 0.0653. The van der Waals surface area contributed by atoms with Gasteiger partial charge in [-0.3, -0.25) is 4.79 Å². The van der Waals surface area contributed by atoms with Crippen molar-refractivity contribution in [2.45, 2.75) is 65.5 Å². The molecule has 0 aliphatic heterocycles. The van der Waals surface area contributed by atoms with E-state index in [9.17, 15) is 13.6 Å². The molecule has 146 valence electrons. The molecule has 27 heavy (non-hydrogen) atoms. The van der Waals surface area contributed by atoms with Gasteiger partial charge in [0.1, 0.15) is 5.75 Å². The highest BCUT2D eigenvalue weighted by molar-refractivity contribution is 6.05. The minimum atomic E-state index is -2.90. The largest absolute Gasteiger partial charge is 0.434 e. The van der Waals surface area contributed by atoms with E-state index in [-0.39, 0.29) is 11.7 Å². The Balaban J connectivity index is 1.83. The number of nitrogens with one attached hydrogen (secondary N) is 1. The maximum atomic E-state index is 12.9. The first-order chi connectivity index (χ1) is 12.9. The molecule has 6 heteroatoms. The molecule has 1 aliphatic rings. The third kappa shape index (κ3) is 4.15. The van der Waals surface area contributed by atoms with Crippen LogP contribution in [0.5, 0.6) is 5.75 Å². The number of aromatic nitrogens is 1. The molecule has 1 aliphatic carbocycles. The lowest BCUT2D eigenvalue weighted by atomic mass is 9.95. The lowest BCUT2D eigenvalue weighted by Gasteiger charge is -2.26. The number of rotatable bonds is 5. The molecule has 0 saturated heterocycles. The molecule has 1 amide bonds. The van der Waals surface area contributed by atoms with Gasteiger partial charge in [0.2, 0.25) is 0 Å². The molecular formula is C21H26F2N2O2. The van der Waals surface area contributed by atoms with Crippen molar-refractivity contribution in [3.05, 3.63) is 46.8 Å². The van der Waals surface area contributed by atoms with Crippen LogP contribution in [-0.4, -0.2) is 17.1 Å². The van der Waals surface area contributed by atoms with Crippen LogP contribution in [-0.2, 0) is 0 Å². The molecular weight excluding hydrogens is 350 g/mol. The summed E-state index contributed by atoms with van der Waals surface area (Å²) in [5.74, 6) is -0.169. The summed E-state index contributed by atoms with van der Waals surface area (Å²) in [7, 11) is 0. The van der Waals surface area contributed by atoms with Crippen LogP contribution in [0.25, 0.3) is 0 Å². The van der Waals surface area contributed by atoms with Crippen LogP contribution in [0.3, 0.4) is 0 Å². The number of carbonyl (C=O) groups excluding carboxylic acids is 1. The van der Waals surface area contributed by atoms with Gasteiger partial charge in [-0.1, -0.05) is 25.3 Å². The predicted octanol–water partition coefficient (Wildman–Crippen LogP) is 5.77. The first-order valence-corrected chi connectivity index (χ1v) is 9.42. The molecule has 4 nitrogen and oxygen atoms in total. The number of alkyl halides is 2. The van der Waals surface area contributed by atoms with Crippen LogP contribution in [0.1, 0.15) is 65.5 Å². The van der Waals surface area contributed by atoms with Crippen LogP contribution in [0.15, 0.2) is 24.3 Å². The second kappa shape index (κ2) is 8.11. The Kier molecular flexibility index (Phi) is 5.82. The SMILES string of the molecule is Cc1c(NC(=O)c2cc(C)n(C3CCCCC3)c2C)cccc1OC(F)F. The topological polar surface area (TPSA) is 43.3 Å². The molecule has 1 aromatic heterocycles. The third-order valence-electron chi connectivity index (χ3n) is 5.42. The smallest absolute Gasteiger partial charge is 0.387 e. The van der Waals surface area contributed by atoms with Crippen molar-refractivity contribution in [3.8, 4) is 5.75 Å². The maximum absolute atomic E-state index is 12.9. The van der Waals surface area contributed by atoms with Crippen LogP contribution < -0.4 is 10.1 Å². The molecule has 1 heterocycles. The van der Waals surface area contributed by atoms with Crippen molar-refractivity contribution in [2.24, 2.45) is 0 Å².